The number of amides is 1. The van der Waals surface area contributed by atoms with Crippen LogP contribution in [-0.2, 0) is 11.3 Å². The number of nitrogens with zero attached hydrogens (tertiary/aromatic N) is 2. The summed E-state index contributed by atoms with van der Waals surface area (Å²) in [7, 11) is 0. The highest BCUT2D eigenvalue weighted by Gasteiger charge is 2.36. The number of hydrogen-bond donors (Lipinski definition) is 0. The van der Waals surface area contributed by atoms with Gasteiger partial charge in [-0.3, -0.25) is 14.5 Å². The molecule has 1 aromatic heterocycles. The van der Waals surface area contributed by atoms with Crippen molar-refractivity contribution in [1.29, 1.82) is 0 Å². The van der Waals surface area contributed by atoms with Crippen molar-refractivity contribution >= 4 is 17.5 Å². The van der Waals surface area contributed by atoms with E-state index in [1.807, 2.05) is 30.3 Å². The first-order chi connectivity index (χ1) is 8.77. The first-order valence-electron chi connectivity index (χ1n) is 5.62. The molecule has 88 valence electrons. The zero-order chi connectivity index (χ0) is 12.5. The van der Waals surface area contributed by atoms with Crippen molar-refractivity contribution in [3.8, 4) is 0 Å². The van der Waals surface area contributed by atoms with Crippen LogP contribution in [0.3, 0.4) is 0 Å². The number of rotatable bonds is 2. The van der Waals surface area contributed by atoms with Crippen LogP contribution in [-0.4, -0.2) is 16.7 Å². The second-order valence-corrected chi connectivity index (χ2v) is 4.08. The molecule has 1 aliphatic heterocycles. The van der Waals surface area contributed by atoms with Gasteiger partial charge in [-0.15, -0.1) is 0 Å². The molecule has 0 bridgehead atoms. The molecule has 2 aromatic rings. The van der Waals surface area contributed by atoms with Crippen LogP contribution < -0.4 is 4.90 Å². The molecule has 0 fully saturated rings. The maximum Gasteiger partial charge on any atom is 0.301 e. The number of carbonyl (C=O) groups excluding carboxylic acids is 2. The fourth-order valence-corrected chi connectivity index (χ4v) is 2.04. The minimum absolute atomic E-state index is 0.370. The van der Waals surface area contributed by atoms with Crippen LogP contribution in [0, 0.1) is 0 Å². The van der Waals surface area contributed by atoms with Gasteiger partial charge in [-0.1, -0.05) is 30.3 Å². The molecule has 1 aliphatic rings. The van der Waals surface area contributed by atoms with E-state index in [1.165, 1.54) is 4.90 Å². The first-order valence-corrected chi connectivity index (χ1v) is 5.62. The highest BCUT2D eigenvalue weighted by molar-refractivity contribution is 6.51. The van der Waals surface area contributed by atoms with Gasteiger partial charge in [0.1, 0.15) is 5.82 Å². The van der Waals surface area contributed by atoms with Gasteiger partial charge in [0.25, 0.3) is 5.78 Å². The predicted octanol–water partition coefficient (Wildman–Crippen LogP) is 1.81. The average Bonchev–Trinajstić information content (AvgIpc) is 2.66. The van der Waals surface area contributed by atoms with Crippen LogP contribution in [0.1, 0.15) is 15.9 Å². The SMILES string of the molecule is O=C1C(=O)N(Cc2ccccc2)c2ncccc21. The number of anilines is 1. The molecular weight excluding hydrogens is 228 g/mol. The molecule has 0 N–H and O–H groups in total. The van der Waals surface area contributed by atoms with Crippen LogP contribution in [0.2, 0.25) is 0 Å². The van der Waals surface area contributed by atoms with Gasteiger partial charge < -0.3 is 0 Å². The van der Waals surface area contributed by atoms with E-state index in [9.17, 15) is 9.59 Å². The zero-order valence-electron chi connectivity index (χ0n) is 9.54. The molecule has 0 saturated carbocycles. The quantitative estimate of drug-likeness (QED) is 0.750. The number of aromatic nitrogens is 1. The Morgan fingerprint density at radius 2 is 1.78 bits per heavy atom. The molecule has 0 aliphatic carbocycles. The lowest BCUT2D eigenvalue weighted by molar-refractivity contribution is -0.114. The molecule has 1 aromatic carbocycles. The van der Waals surface area contributed by atoms with E-state index in [-0.39, 0.29) is 0 Å². The van der Waals surface area contributed by atoms with E-state index in [0.29, 0.717) is 17.9 Å². The number of benzene rings is 1. The fourth-order valence-electron chi connectivity index (χ4n) is 2.04. The Hall–Kier alpha value is -2.49. The number of Topliss-reactive ketones (excluding diaryl/α,β-unsaturated/α-hetero) is 1. The molecule has 0 saturated heterocycles. The molecular formula is C14H10N2O2. The van der Waals surface area contributed by atoms with Crippen molar-refractivity contribution < 1.29 is 9.59 Å². The summed E-state index contributed by atoms with van der Waals surface area (Å²) in [4.78, 5) is 29.2. The molecule has 0 radical (unpaired) electrons. The van der Waals surface area contributed by atoms with E-state index >= 15 is 0 Å². The Labute approximate surface area is 104 Å². The van der Waals surface area contributed by atoms with E-state index in [1.54, 1.807) is 18.3 Å². The van der Waals surface area contributed by atoms with Gasteiger partial charge >= 0.3 is 5.91 Å². The summed E-state index contributed by atoms with van der Waals surface area (Å²) in [6, 6.07) is 12.8. The van der Waals surface area contributed by atoms with Gasteiger partial charge in [-0.2, -0.15) is 0 Å². The normalized spacial score (nSPS) is 13.9. The van der Waals surface area contributed by atoms with Crippen LogP contribution in [0.25, 0.3) is 0 Å². The zero-order valence-corrected chi connectivity index (χ0v) is 9.54. The van der Waals surface area contributed by atoms with Crippen molar-refractivity contribution in [2.75, 3.05) is 4.90 Å². The monoisotopic (exact) mass is 238 g/mol. The molecule has 2 heterocycles. The second-order valence-electron chi connectivity index (χ2n) is 4.08. The Morgan fingerprint density at radius 3 is 2.56 bits per heavy atom. The largest absolute Gasteiger partial charge is 0.301 e. The molecule has 0 unspecified atom stereocenters. The van der Waals surface area contributed by atoms with Crippen molar-refractivity contribution in [2.45, 2.75) is 6.54 Å². The standard InChI is InChI=1S/C14H10N2O2/c17-12-11-7-4-8-15-13(11)16(14(12)18)9-10-5-2-1-3-6-10/h1-8H,9H2. The van der Waals surface area contributed by atoms with Crippen molar-refractivity contribution in [2.24, 2.45) is 0 Å². The summed E-state index contributed by atoms with van der Waals surface area (Å²) in [5, 5.41) is 0. The van der Waals surface area contributed by atoms with Crippen LogP contribution in [0.4, 0.5) is 5.82 Å². The third-order valence-corrected chi connectivity index (χ3v) is 2.91. The fraction of sp³-hybridized carbons (Fsp3) is 0.0714. The summed E-state index contributed by atoms with van der Waals surface area (Å²) < 4.78 is 0. The number of ketones is 1. The van der Waals surface area contributed by atoms with Gasteiger partial charge in [-0.25, -0.2) is 4.98 Å². The van der Waals surface area contributed by atoms with Crippen molar-refractivity contribution in [1.82, 2.24) is 4.98 Å². The smallest absolute Gasteiger partial charge is 0.285 e. The van der Waals surface area contributed by atoms with E-state index < -0.39 is 11.7 Å². The lowest BCUT2D eigenvalue weighted by Gasteiger charge is -2.15. The lowest BCUT2D eigenvalue weighted by atomic mass is 10.2. The van der Waals surface area contributed by atoms with Crippen molar-refractivity contribution in [3.63, 3.8) is 0 Å². The Balaban J connectivity index is 1.99. The molecule has 4 heteroatoms. The third kappa shape index (κ3) is 1.59. The average molecular weight is 238 g/mol. The van der Waals surface area contributed by atoms with Crippen LogP contribution >= 0.6 is 0 Å². The van der Waals surface area contributed by atoms with Crippen molar-refractivity contribution in [3.05, 3.63) is 59.8 Å². The summed E-state index contributed by atoms with van der Waals surface area (Å²) in [6.07, 6.45) is 1.59. The van der Waals surface area contributed by atoms with Gasteiger partial charge in [0.2, 0.25) is 0 Å². The lowest BCUT2D eigenvalue weighted by Crippen LogP contribution is -2.29. The topological polar surface area (TPSA) is 50.3 Å². The molecule has 0 atom stereocenters. The van der Waals surface area contributed by atoms with Gasteiger partial charge in [-0.05, 0) is 17.7 Å². The predicted molar refractivity (Wildman–Crippen MR) is 66.2 cm³/mol. The van der Waals surface area contributed by atoms with Crippen LogP contribution in [0.15, 0.2) is 48.7 Å². The minimum atomic E-state index is -0.507. The summed E-state index contributed by atoms with van der Waals surface area (Å²) in [5.41, 5.74) is 1.36. The maximum absolute atomic E-state index is 11.9. The third-order valence-electron chi connectivity index (χ3n) is 2.91. The number of fused-ring (bicyclic) bond motifs is 1. The van der Waals surface area contributed by atoms with Gasteiger partial charge in [0.15, 0.2) is 0 Å². The summed E-state index contributed by atoms with van der Waals surface area (Å²) in [5.74, 6) is -0.530. The number of hydrogen-bond acceptors (Lipinski definition) is 3. The Bertz CT molecular complexity index is 623. The summed E-state index contributed by atoms with van der Waals surface area (Å²) in [6.45, 7) is 0.370. The molecule has 1 amide bonds. The van der Waals surface area contributed by atoms with Crippen LogP contribution in [0.5, 0.6) is 0 Å². The molecule has 18 heavy (non-hydrogen) atoms. The van der Waals surface area contributed by atoms with E-state index in [0.717, 1.165) is 5.56 Å². The minimum Gasteiger partial charge on any atom is -0.285 e. The van der Waals surface area contributed by atoms with E-state index in [4.69, 9.17) is 0 Å². The number of carbonyl (C=O) groups is 2. The highest BCUT2D eigenvalue weighted by atomic mass is 16.2. The summed E-state index contributed by atoms with van der Waals surface area (Å²) >= 11 is 0. The molecule has 4 nitrogen and oxygen atoms in total. The number of pyridine rings is 1. The van der Waals surface area contributed by atoms with Gasteiger partial charge in [0.05, 0.1) is 12.1 Å². The second kappa shape index (κ2) is 4.07. The molecule has 3 rings (SSSR count). The highest BCUT2D eigenvalue weighted by Crippen LogP contribution is 2.27. The Morgan fingerprint density at radius 1 is 1.00 bits per heavy atom. The molecule has 0 spiro atoms. The Kier molecular flexibility index (Phi) is 2.41. The van der Waals surface area contributed by atoms with E-state index in [2.05, 4.69) is 4.98 Å². The van der Waals surface area contributed by atoms with Gasteiger partial charge in [0, 0.05) is 6.20 Å². The maximum atomic E-state index is 11.9. The first kappa shape index (κ1) is 10.7.